The number of thiocarbonyl (C=S) groups is 1. The molecule has 0 spiro atoms. The van der Waals surface area contributed by atoms with Gasteiger partial charge in [-0.2, -0.15) is 0 Å². The molecule has 4 nitrogen and oxygen atoms in total. The van der Waals surface area contributed by atoms with Crippen molar-refractivity contribution in [1.82, 2.24) is 10.6 Å². The normalized spacial score (nSPS) is 30.2. The van der Waals surface area contributed by atoms with Crippen LogP contribution < -0.4 is 15.4 Å². The number of fused-ring (bicyclic) bond motifs is 1. The summed E-state index contributed by atoms with van der Waals surface area (Å²) < 4.78 is 5.46. The first-order chi connectivity index (χ1) is 13.6. The smallest absolute Gasteiger partial charge is 0.261 e. The van der Waals surface area contributed by atoms with Crippen molar-refractivity contribution in [2.24, 2.45) is 23.7 Å². The van der Waals surface area contributed by atoms with Crippen molar-refractivity contribution in [2.75, 3.05) is 7.11 Å². The number of ether oxygens (including phenoxy) is 1. The summed E-state index contributed by atoms with van der Waals surface area (Å²) in [6.45, 7) is 0. The summed E-state index contributed by atoms with van der Waals surface area (Å²) >= 11 is 5.52. The van der Waals surface area contributed by atoms with E-state index in [0.29, 0.717) is 34.3 Å². The minimum atomic E-state index is -0.219. The molecule has 6 rings (SSSR count). The van der Waals surface area contributed by atoms with Crippen molar-refractivity contribution < 1.29 is 9.53 Å². The zero-order valence-corrected chi connectivity index (χ0v) is 16.9. The summed E-state index contributed by atoms with van der Waals surface area (Å²) in [7, 11) is 1.59. The van der Waals surface area contributed by atoms with Gasteiger partial charge >= 0.3 is 0 Å². The van der Waals surface area contributed by atoms with Crippen LogP contribution in [0.25, 0.3) is 10.8 Å². The maximum absolute atomic E-state index is 12.9. The summed E-state index contributed by atoms with van der Waals surface area (Å²) in [5.74, 6) is 3.61. The number of hydrogen-bond donors (Lipinski definition) is 2. The Morgan fingerprint density at radius 3 is 2.21 bits per heavy atom. The molecule has 146 valence electrons. The second kappa shape index (κ2) is 7.03. The van der Waals surface area contributed by atoms with E-state index in [0.717, 1.165) is 22.6 Å². The van der Waals surface area contributed by atoms with Crippen molar-refractivity contribution in [2.45, 2.75) is 38.1 Å². The third-order valence-electron chi connectivity index (χ3n) is 7.06. The highest BCUT2D eigenvalue weighted by Gasteiger charge is 2.48. The lowest BCUT2D eigenvalue weighted by molar-refractivity contribution is -0.00692. The van der Waals surface area contributed by atoms with Gasteiger partial charge in [0.05, 0.1) is 12.7 Å². The summed E-state index contributed by atoms with van der Waals surface area (Å²) in [6, 6.07) is 12.1. The van der Waals surface area contributed by atoms with E-state index in [2.05, 4.69) is 10.6 Å². The van der Waals surface area contributed by atoms with Crippen LogP contribution in [0.3, 0.4) is 0 Å². The second-order valence-corrected chi connectivity index (χ2v) is 9.19. The number of methoxy groups -OCH3 is 1. The molecule has 0 aromatic heterocycles. The third kappa shape index (κ3) is 3.16. The Balaban J connectivity index is 1.30. The van der Waals surface area contributed by atoms with Crippen molar-refractivity contribution in [3.05, 3.63) is 42.0 Å². The Bertz CT molecular complexity index is 913. The molecule has 0 atom stereocenters. The van der Waals surface area contributed by atoms with Gasteiger partial charge in [-0.25, -0.2) is 0 Å². The van der Waals surface area contributed by atoms with Gasteiger partial charge in [0.25, 0.3) is 5.91 Å². The molecule has 2 aromatic carbocycles. The molecule has 4 fully saturated rings. The van der Waals surface area contributed by atoms with E-state index in [1.54, 1.807) is 7.11 Å². The van der Waals surface area contributed by atoms with Crippen molar-refractivity contribution in [1.29, 1.82) is 0 Å². The molecule has 0 aliphatic heterocycles. The number of amides is 1. The van der Waals surface area contributed by atoms with Crippen LogP contribution in [0.2, 0.25) is 0 Å². The maximum atomic E-state index is 12.9. The molecular formula is C23H26N2O2S. The largest absolute Gasteiger partial charge is 0.496 e. The minimum Gasteiger partial charge on any atom is -0.496 e. The van der Waals surface area contributed by atoms with E-state index in [1.807, 2.05) is 36.4 Å². The lowest BCUT2D eigenvalue weighted by Crippen LogP contribution is -2.57. The van der Waals surface area contributed by atoms with E-state index in [9.17, 15) is 4.79 Å². The van der Waals surface area contributed by atoms with Crippen LogP contribution in [-0.4, -0.2) is 24.2 Å². The van der Waals surface area contributed by atoms with E-state index >= 15 is 0 Å². The second-order valence-electron chi connectivity index (χ2n) is 8.78. The molecule has 0 heterocycles. The molecule has 4 bridgehead atoms. The van der Waals surface area contributed by atoms with Gasteiger partial charge in [0.2, 0.25) is 0 Å². The molecular weight excluding hydrogens is 368 g/mol. The molecule has 5 heteroatoms. The molecule has 2 aromatic rings. The molecule has 4 aliphatic carbocycles. The number of nitrogens with one attached hydrogen (secondary N) is 2. The Labute approximate surface area is 171 Å². The SMILES string of the molecule is COc1cc2ccccc2cc1C(=O)NC(=S)NC1C2CC3CC(C2)CC1C3. The quantitative estimate of drug-likeness (QED) is 0.763. The van der Waals surface area contributed by atoms with Crippen LogP contribution in [0.4, 0.5) is 0 Å². The predicted octanol–water partition coefficient (Wildman–Crippen LogP) is 4.28. The first-order valence-corrected chi connectivity index (χ1v) is 10.7. The van der Waals surface area contributed by atoms with Crippen molar-refractivity contribution in [3.8, 4) is 5.75 Å². The molecule has 4 saturated carbocycles. The van der Waals surface area contributed by atoms with Gasteiger partial charge < -0.3 is 10.1 Å². The van der Waals surface area contributed by atoms with Gasteiger partial charge in [-0.15, -0.1) is 0 Å². The van der Waals surface area contributed by atoms with Crippen LogP contribution in [0, 0.1) is 23.7 Å². The van der Waals surface area contributed by atoms with Crippen LogP contribution in [0.15, 0.2) is 36.4 Å². The standard InChI is InChI=1S/C23H26N2O2S/c1-27-20-12-16-5-3-2-4-15(16)11-19(20)22(26)25-23(28)24-21-17-7-13-6-14(9-17)10-18(21)8-13/h2-5,11-14,17-18,21H,6-10H2,1H3,(H2,24,25,26,28). The molecule has 0 radical (unpaired) electrons. The molecule has 4 aliphatic rings. The Kier molecular flexibility index (Phi) is 4.50. The molecule has 1 amide bonds. The van der Waals surface area contributed by atoms with Gasteiger partial charge in [0.1, 0.15) is 5.75 Å². The third-order valence-corrected chi connectivity index (χ3v) is 7.28. The zero-order valence-electron chi connectivity index (χ0n) is 16.1. The predicted molar refractivity (Wildman–Crippen MR) is 115 cm³/mol. The van der Waals surface area contributed by atoms with Crippen LogP contribution in [-0.2, 0) is 0 Å². The summed E-state index contributed by atoms with van der Waals surface area (Å²) in [4.78, 5) is 12.9. The first-order valence-electron chi connectivity index (χ1n) is 10.3. The Morgan fingerprint density at radius 2 is 1.61 bits per heavy atom. The molecule has 0 unspecified atom stereocenters. The number of rotatable bonds is 3. The molecule has 2 N–H and O–H groups in total. The van der Waals surface area contributed by atoms with E-state index < -0.39 is 0 Å². The lowest BCUT2D eigenvalue weighted by Gasteiger charge is -2.54. The average Bonchev–Trinajstić information content (AvgIpc) is 2.69. The Morgan fingerprint density at radius 1 is 1.00 bits per heavy atom. The van der Waals surface area contributed by atoms with Crippen LogP contribution >= 0.6 is 12.2 Å². The average molecular weight is 395 g/mol. The fraction of sp³-hybridized carbons (Fsp3) is 0.478. The summed E-state index contributed by atoms with van der Waals surface area (Å²) in [5.41, 5.74) is 0.510. The number of carbonyl (C=O) groups excluding carboxylic acids is 1. The van der Waals surface area contributed by atoms with Gasteiger partial charge in [-0.05, 0) is 90.9 Å². The van der Waals surface area contributed by atoms with Crippen LogP contribution in [0.5, 0.6) is 5.75 Å². The highest BCUT2D eigenvalue weighted by Crippen LogP contribution is 2.53. The van der Waals surface area contributed by atoms with Crippen LogP contribution in [0.1, 0.15) is 42.5 Å². The van der Waals surface area contributed by atoms with Gasteiger partial charge in [-0.3, -0.25) is 10.1 Å². The molecule has 28 heavy (non-hydrogen) atoms. The van der Waals surface area contributed by atoms with E-state index in [4.69, 9.17) is 17.0 Å². The Hall–Kier alpha value is -2.14. The van der Waals surface area contributed by atoms with Crippen molar-refractivity contribution in [3.63, 3.8) is 0 Å². The highest BCUT2D eigenvalue weighted by molar-refractivity contribution is 7.80. The summed E-state index contributed by atoms with van der Waals surface area (Å²) in [5, 5.41) is 8.89. The van der Waals surface area contributed by atoms with E-state index in [1.165, 1.54) is 32.1 Å². The fourth-order valence-corrected chi connectivity index (χ4v) is 6.31. The monoisotopic (exact) mass is 394 g/mol. The maximum Gasteiger partial charge on any atom is 0.261 e. The van der Waals surface area contributed by atoms with Gasteiger partial charge in [-0.1, -0.05) is 24.3 Å². The fourth-order valence-electron chi connectivity index (χ4n) is 6.08. The molecule has 0 saturated heterocycles. The topological polar surface area (TPSA) is 50.4 Å². The number of carbonyl (C=O) groups is 1. The number of benzene rings is 2. The summed E-state index contributed by atoms with van der Waals surface area (Å²) in [6.07, 6.45) is 6.71. The highest BCUT2D eigenvalue weighted by atomic mass is 32.1. The van der Waals surface area contributed by atoms with Gasteiger partial charge in [0.15, 0.2) is 5.11 Å². The minimum absolute atomic E-state index is 0.219. The van der Waals surface area contributed by atoms with E-state index in [-0.39, 0.29) is 5.91 Å². The van der Waals surface area contributed by atoms with Gasteiger partial charge in [0, 0.05) is 6.04 Å². The zero-order chi connectivity index (χ0) is 19.3. The first kappa shape index (κ1) is 17.9. The number of hydrogen-bond acceptors (Lipinski definition) is 3. The lowest BCUT2D eigenvalue weighted by atomic mass is 9.54. The van der Waals surface area contributed by atoms with Crippen molar-refractivity contribution >= 4 is 34.0 Å².